The van der Waals surface area contributed by atoms with Crippen LogP contribution in [0.3, 0.4) is 0 Å². The number of nitrogens with one attached hydrogen (secondary N) is 2. The van der Waals surface area contributed by atoms with Gasteiger partial charge in [0.05, 0.1) is 11.6 Å². The Morgan fingerprint density at radius 3 is 2.38 bits per heavy atom. The van der Waals surface area contributed by atoms with Crippen LogP contribution < -0.4 is 15.5 Å². The van der Waals surface area contributed by atoms with Gasteiger partial charge in [-0.3, -0.25) is 9.79 Å². The van der Waals surface area contributed by atoms with Crippen LogP contribution in [0.25, 0.3) is 6.08 Å². The SMILES string of the molecule is CC(=O)Nc1ccc(N2C(=S)NC(=N[C@@H](/C=C/c3ccc(Cl)cc3Cl)C(C)(C)C)C2(C)C)cc1. The third-order valence-corrected chi connectivity index (χ3v) is 6.44. The van der Waals surface area contributed by atoms with Crippen molar-refractivity contribution in [2.24, 2.45) is 10.4 Å². The highest BCUT2D eigenvalue weighted by Crippen LogP contribution is 2.33. The topological polar surface area (TPSA) is 56.7 Å². The molecule has 2 N–H and O–H groups in total. The molecule has 0 saturated carbocycles. The summed E-state index contributed by atoms with van der Waals surface area (Å²) in [5, 5.41) is 7.88. The number of nitrogens with zero attached hydrogens (tertiary/aromatic N) is 2. The van der Waals surface area contributed by atoms with Gasteiger partial charge in [0.15, 0.2) is 5.11 Å². The number of aliphatic imine (C=N–C) groups is 1. The number of carbonyl (C=O) groups excluding carboxylic acids is 1. The third kappa shape index (κ3) is 5.98. The molecule has 1 aliphatic heterocycles. The van der Waals surface area contributed by atoms with E-state index in [2.05, 4.69) is 51.3 Å². The largest absolute Gasteiger partial charge is 0.326 e. The summed E-state index contributed by atoms with van der Waals surface area (Å²) in [5.41, 5.74) is 1.89. The van der Waals surface area contributed by atoms with E-state index in [9.17, 15) is 4.79 Å². The van der Waals surface area contributed by atoms with Crippen LogP contribution in [0.5, 0.6) is 0 Å². The van der Waals surface area contributed by atoms with E-state index in [0.29, 0.717) is 15.2 Å². The third-order valence-electron chi connectivity index (χ3n) is 5.59. The van der Waals surface area contributed by atoms with E-state index < -0.39 is 5.54 Å². The van der Waals surface area contributed by atoms with Gasteiger partial charge in [0.25, 0.3) is 0 Å². The van der Waals surface area contributed by atoms with Crippen molar-refractivity contribution < 1.29 is 4.79 Å². The van der Waals surface area contributed by atoms with Gasteiger partial charge >= 0.3 is 0 Å². The first kappa shape index (κ1) is 26.2. The molecule has 0 aliphatic carbocycles. The van der Waals surface area contributed by atoms with Gasteiger partial charge in [-0.15, -0.1) is 0 Å². The number of hydrogen-bond acceptors (Lipinski definition) is 3. The van der Waals surface area contributed by atoms with Crippen molar-refractivity contribution in [3.05, 3.63) is 64.1 Å². The minimum absolute atomic E-state index is 0.109. The minimum atomic E-state index is -0.498. The summed E-state index contributed by atoms with van der Waals surface area (Å²) in [6.07, 6.45) is 4.05. The molecule has 0 unspecified atom stereocenters. The maximum atomic E-state index is 11.3. The Balaban J connectivity index is 1.92. The maximum absolute atomic E-state index is 11.3. The van der Waals surface area contributed by atoms with Crippen molar-refractivity contribution in [1.29, 1.82) is 0 Å². The maximum Gasteiger partial charge on any atom is 0.221 e. The van der Waals surface area contributed by atoms with Crippen molar-refractivity contribution in [2.45, 2.75) is 53.1 Å². The fraction of sp³-hybridized carbons (Fsp3) is 0.346. The molecule has 3 rings (SSSR count). The number of amidine groups is 1. The Morgan fingerprint density at radius 2 is 1.82 bits per heavy atom. The second-order valence-electron chi connectivity index (χ2n) is 9.87. The first-order chi connectivity index (χ1) is 15.8. The van der Waals surface area contributed by atoms with Crippen LogP contribution in [0.4, 0.5) is 11.4 Å². The molecule has 34 heavy (non-hydrogen) atoms. The van der Waals surface area contributed by atoms with Crippen LogP contribution in [-0.4, -0.2) is 28.4 Å². The van der Waals surface area contributed by atoms with Gasteiger partial charge in [0, 0.05) is 28.3 Å². The molecule has 1 saturated heterocycles. The molecule has 5 nitrogen and oxygen atoms in total. The normalized spacial score (nSPS) is 17.8. The number of benzene rings is 2. The Bertz CT molecular complexity index is 1150. The summed E-state index contributed by atoms with van der Waals surface area (Å²) in [4.78, 5) is 18.5. The highest BCUT2D eigenvalue weighted by Gasteiger charge is 2.43. The quantitative estimate of drug-likeness (QED) is 0.422. The Hall–Kier alpha value is -2.41. The molecule has 0 radical (unpaired) electrons. The lowest BCUT2D eigenvalue weighted by Crippen LogP contribution is -2.45. The lowest BCUT2D eigenvalue weighted by molar-refractivity contribution is -0.114. The Labute approximate surface area is 217 Å². The Morgan fingerprint density at radius 1 is 1.18 bits per heavy atom. The number of anilines is 2. The van der Waals surface area contributed by atoms with Crippen molar-refractivity contribution >= 4 is 69.7 Å². The van der Waals surface area contributed by atoms with Crippen LogP contribution in [0.15, 0.2) is 53.5 Å². The van der Waals surface area contributed by atoms with Crippen LogP contribution in [0.1, 0.15) is 47.1 Å². The van der Waals surface area contributed by atoms with E-state index in [0.717, 1.165) is 22.8 Å². The number of amides is 1. The smallest absolute Gasteiger partial charge is 0.221 e. The first-order valence-electron chi connectivity index (χ1n) is 11.0. The second kappa shape index (κ2) is 10.1. The van der Waals surface area contributed by atoms with Crippen molar-refractivity contribution in [2.75, 3.05) is 10.2 Å². The highest BCUT2D eigenvalue weighted by molar-refractivity contribution is 7.80. The molecule has 1 atom stereocenters. The second-order valence-corrected chi connectivity index (χ2v) is 11.1. The zero-order valence-corrected chi connectivity index (χ0v) is 22.6. The van der Waals surface area contributed by atoms with Gasteiger partial charge in [0.2, 0.25) is 5.91 Å². The molecule has 2 aromatic carbocycles. The molecular weight excluding hydrogens is 487 g/mol. The predicted molar refractivity (Wildman–Crippen MR) is 149 cm³/mol. The molecule has 0 bridgehead atoms. The molecule has 0 spiro atoms. The summed E-state index contributed by atoms with van der Waals surface area (Å²) in [6.45, 7) is 12.1. The van der Waals surface area contributed by atoms with Gasteiger partial charge in [-0.25, -0.2) is 0 Å². The molecule has 2 aromatic rings. The molecule has 1 fully saturated rings. The van der Waals surface area contributed by atoms with Gasteiger partial charge in [-0.05, 0) is 73.4 Å². The Kier molecular flexibility index (Phi) is 7.75. The van der Waals surface area contributed by atoms with E-state index >= 15 is 0 Å². The molecule has 0 aromatic heterocycles. The molecule has 180 valence electrons. The van der Waals surface area contributed by atoms with E-state index in [1.165, 1.54) is 6.92 Å². The summed E-state index contributed by atoms with van der Waals surface area (Å²) >= 11 is 18.1. The monoisotopic (exact) mass is 516 g/mol. The molecular formula is C26H30Cl2N4OS. The van der Waals surface area contributed by atoms with Crippen molar-refractivity contribution in [3.8, 4) is 0 Å². The zero-order valence-electron chi connectivity index (χ0n) is 20.2. The minimum Gasteiger partial charge on any atom is -0.326 e. The number of rotatable bonds is 5. The number of thiocarbonyl (C=S) groups is 1. The van der Waals surface area contributed by atoms with Crippen molar-refractivity contribution in [1.82, 2.24) is 5.32 Å². The molecule has 8 heteroatoms. The van der Waals surface area contributed by atoms with E-state index in [4.69, 9.17) is 40.4 Å². The highest BCUT2D eigenvalue weighted by atomic mass is 35.5. The lowest BCUT2D eigenvalue weighted by atomic mass is 9.86. The van der Waals surface area contributed by atoms with Crippen LogP contribution in [0, 0.1) is 5.41 Å². The van der Waals surface area contributed by atoms with Crippen LogP contribution >= 0.6 is 35.4 Å². The fourth-order valence-electron chi connectivity index (χ4n) is 3.69. The van der Waals surface area contributed by atoms with Gasteiger partial charge in [-0.2, -0.15) is 0 Å². The van der Waals surface area contributed by atoms with Gasteiger partial charge in [0.1, 0.15) is 5.84 Å². The van der Waals surface area contributed by atoms with Crippen LogP contribution in [0.2, 0.25) is 10.0 Å². The molecule has 1 amide bonds. The zero-order chi connectivity index (χ0) is 25.3. The summed E-state index contributed by atoms with van der Waals surface area (Å²) in [6, 6.07) is 12.9. The van der Waals surface area contributed by atoms with Crippen molar-refractivity contribution in [3.63, 3.8) is 0 Å². The standard InChI is InChI=1S/C26H30Cl2N4OS/c1-16(33)29-19-10-12-20(13-11-19)32-24(34)31-23(26(32,5)6)30-22(25(2,3)4)14-8-17-7-9-18(27)15-21(17)28/h7-15,22H,1-6H3,(H,29,33)(H,30,31,34)/b14-8+/t22-/m0/s1. The number of hydrogen-bond donors (Lipinski definition) is 2. The summed E-state index contributed by atoms with van der Waals surface area (Å²) in [5.74, 6) is 0.678. The average molecular weight is 518 g/mol. The molecule has 1 heterocycles. The number of carbonyl (C=O) groups is 1. The van der Waals surface area contributed by atoms with E-state index in [-0.39, 0.29) is 17.4 Å². The van der Waals surface area contributed by atoms with E-state index in [1.807, 2.05) is 47.4 Å². The lowest BCUT2D eigenvalue weighted by Gasteiger charge is -2.32. The van der Waals surface area contributed by atoms with E-state index in [1.54, 1.807) is 6.07 Å². The summed E-state index contributed by atoms with van der Waals surface area (Å²) < 4.78 is 0. The fourth-order valence-corrected chi connectivity index (χ4v) is 4.59. The predicted octanol–water partition coefficient (Wildman–Crippen LogP) is 6.95. The van der Waals surface area contributed by atoms with Crippen LogP contribution in [-0.2, 0) is 4.79 Å². The number of halogens is 2. The van der Waals surface area contributed by atoms with Gasteiger partial charge in [-0.1, -0.05) is 62.2 Å². The first-order valence-corrected chi connectivity index (χ1v) is 12.2. The average Bonchev–Trinajstić information content (AvgIpc) is 2.93. The van der Waals surface area contributed by atoms with Gasteiger partial charge < -0.3 is 15.5 Å². The molecule has 1 aliphatic rings. The summed E-state index contributed by atoms with van der Waals surface area (Å²) in [7, 11) is 0.